The van der Waals surface area contributed by atoms with Gasteiger partial charge in [0.05, 0.1) is 24.6 Å². The summed E-state index contributed by atoms with van der Waals surface area (Å²) in [7, 11) is 0. The van der Waals surface area contributed by atoms with Crippen LogP contribution in [0, 0.1) is 5.92 Å². The molecule has 0 saturated carbocycles. The Morgan fingerprint density at radius 3 is 2.49 bits per heavy atom. The van der Waals surface area contributed by atoms with Crippen molar-refractivity contribution in [3.8, 4) is 5.75 Å². The van der Waals surface area contributed by atoms with Crippen LogP contribution in [0.3, 0.4) is 0 Å². The van der Waals surface area contributed by atoms with Crippen LogP contribution < -0.4 is 10.1 Å². The third-order valence-corrected chi connectivity index (χ3v) is 7.61. The average molecular weight is 591 g/mol. The number of esters is 1. The molecule has 1 aliphatic heterocycles. The molecule has 3 atom stereocenters. The molecule has 8 heteroatoms. The zero-order valence-electron chi connectivity index (χ0n) is 25.1. The van der Waals surface area contributed by atoms with E-state index in [2.05, 4.69) is 18.5 Å². The molecule has 3 unspecified atom stereocenters. The molecular weight excluding hydrogens is 544 g/mol. The lowest BCUT2D eigenvalue weighted by Crippen LogP contribution is -2.45. The van der Waals surface area contributed by atoms with E-state index in [1.54, 1.807) is 11.0 Å². The van der Waals surface area contributed by atoms with E-state index in [0.717, 1.165) is 49.0 Å². The topological polar surface area (TPSA) is 105 Å². The molecule has 2 aromatic rings. The summed E-state index contributed by atoms with van der Waals surface area (Å²) in [5.41, 5.74) is 2.03. The Morgan fingerprint density at radius 2 is 1.79 bits per heavy atom. The van der Waals surface area contributed by atoms with Crippen LogP contribution in [-0.4, -0.2) is 59.6 Å². The van der Waals surface area contributed by atoms with Crippen LogP contribution in [0.2, 0.25) is 0 Å². The fourth-order valence-electron chi connectivity index (χ4n) is 5.24. The Labute approximate surface area is 255 Å². The lowest BCUT2D eigenvalue weighted by Gasteiger charge is -2.28. The number of aliphatic hydroxyl groups excluding tert-OH is 1. The van der Waals surface area contributed by atoms with Crippen LogP contribution in [0.5, 0.6) is 5.75 Å². The van der Waals surface area contributed by atoms with Gasteiger partial charge in [0.2, 0.25) is 11.8 Å². The fourth-order valence-corrected chi connectivity index (χ4v) is 5.24. The minimum Gasteiger partial charge on any atom is -0.489 e. The first kappa shape index (κ1) is 33.6. The van der Waals surface area contributed by atoms with Crippen LogP contribution in [0.25, 0.3) is 0 Å². The summed E-state index contributed by atoms with van der Waals surface area (Å²) in [4.78, 5) is 40.4. The quantitative estimate of drug-likeness (QED) is 0.133. The van der Waals surface area contributed by atoms with Crippen molar-refractivity contribution < 1.29 is 29.0 Å². The number of likely N-dealkylation sites (tertiary alicyclic amines) is 1. The molecule has 1 heterocycles. The first-order valence-corrected chi connectivity index (χ1v) is 15.3. The third kappa shape index (κ3) is 11.7. The van der Waals surface area contributed by atoms with Crippen LogP contribution in [0.4, 0.5) is 0 Å². The predicted molar refractivity (Wildman–Crippen MR) is 167 cm³/mol. The van der Waals surface area contributed by atoms with Crippen molar-refractivity contribution >= 4 is 17.8 Å². The normalized spacial score (nSPS) is 15.7. The minimum atomic E-state index is -0.576. The molecule has 0 aliphatic carbocycles. The highest BCUT2D eigenvalue weighted by Crippen LogP contribution is 2.24. The standard InChI is InChI=1S/C35H46N2O6/c1-3-5-6-10-16-34(40)43-26-31-15-11-21-37(31)35(41)29(12-4-2)23-33(39)36-30(24-38)22-27-17-19-32(20-18-27)42-25-28-13-8-7-9-14-28/h3-4,7-9,13-14,17-20,29-31,38H,1-2,5-6,10-12,15-16,21-26H2,(H,36,39). The van der Waals surface area contributed by atoms with Gasteiger partial charge in [0.15, 0.2) is 0 Å². The number of amides is 2. The number of carbonyl (C=O) groups excluding carboxylic acids is 3. The van der Waals surface area contributed by atoms with Gasteiger partial charge in [0, 0.05) is 19.4 Å². The van der Waals surface area contributed by atoms with Gasteiger partial charge in [0.25, 0.3) is 0 Å². The van der Waals surface area contributed by atoms with Crippen molar-refractivity contribution in [1.29, 1.82) is 0 Å². The average Bonchev–Trinajstić information content (AvgIpc) is 3.50. The molecule has 2 N–H and O–H groups in total. The Hall–Kier alpha value is -3.91. The van der Waals surface area contributed by atoms with E-state index in [4.69, 9.17) is 9.47 Å². The van der Waals surface area contributed by atoms with Gasteiger partial charge in [-0.25, -0.2) is 0 Å². The number of aliphatic hydroxyl groups is 1. The van der Waals surface area contributed by atoms with Crippen molar-refractivity contribution in [2.24, 2.45) is 5.92 Å². The maximum absolute atomic E-state index is 13.5. The highest BCUT2D eigenvalue weighted by Gasteiger charge is 2.34. The van der Waals surface area contributed by atoms with Crippen molar-refractivity contribution in [3.05, 3.63) is 91.0 Å². The van der Waals surface area contributed by atoms with Gasteiger partial charge >= 0.3 is 5.97 Å². The number of unbranched alkanes of at least 4 members (excludes halogenated alkanes) is 2. The van der Waals surface area contributed by atoms with E-state index >= 15 is 0 Å². The molecule has 2 aromatic carbocycles. The number of carbonyl (C=O) groups is 3. The van der Waals surface area contributed by atoms with E-state index in [1.165, 1.54) is 0 Å². The molecule has 1 fully saturated rings. The number of ether oxygens (including phenoxy) is 2. The maximum atomic E-state index is 13.5. The van der Waals surface area contributed by atoms with Gasteiger partial charge in [-0.2, -0.15) is 0 Å². The molecule has 3 rings (SSSR count). The van der Waals surface area contributed by atoms with Gasteiger partial charge in [0.1, 0.15) is 19.0 Å². The van der Waals surface area contributed by atoms with E-state index in [-0.39, 0.29) is 43.5 Å². The molecule has 0 spiro atoms. The van der Waals surface area contributed by atoms with Crippen LogP contribution in [0.1, 0.15) is 62.5 Å². The molecule has 0 bridgehead atoms. The number of benzene rings is 2. The number of nitrogens with zero attached hydrogens (tertiary/aromatic N) is 1. The largest absolute Gasteiger partial charge is 0.489 e. The molecule has 0 aromatic heterocycles. The van der Waals surface area contributed by atoms with Gasteiger partial charge in [-0.05, 0) is 68.2 Å². The SMILES string of the molecule is C=CCCCCC(=O)OCC1CCCN1C(=O)C(CC=C)CC(=O)NC(CO)Cc1ccc(OCc2ccccc2)cc1. The van der Waals surface area contributed by atoms with Crippen molar-refractivity contribution in [2.75, 3.05) is 19.8 Å². The number of rotatable bonds is 19. The van der Waals surface area contributed by atoms with E-state index < -0.39 is 12.0 Å². The number of hydrogen-bond acceptors (Lipinski definition) is 6. The molecular formula is C35H46N2O6. The van der Waals surface area contributed by atoms with E-state index in [9.17, 15) is 19.5 Å². The van der Waals surface area contributed by atoms with Gasteiger partial charge in [-0.15, -0.1) is 13.2 Å². The molecule has 232 valence electrons. The highest BCUT2D eigenvalue weighted by molar-refractivity contribution is 5.86. The molecule has 1 saturated heterocycles. The Bertz CT molecular complexity index is 1170. The van der Waals surface area contributed by atoms with Crippen LogP contribution >= 0.6 is 0 Å². The fraction of sp³-hybridized carbons (Fsp3) is 0.457. The maximum Gasteiger partial charge on any atom is 0.305 e. The number of nitrogens with one attached hydrogen (secondary N) is 1. The lowest BCUT2D eigenvalue weighted by molar-refractivity contribution is -0.148. The number of allylic oxidation sites excluding steroid dienone is 2. The molecule has 2 amide bonds. The van der Waals surface area contributed by atoms with Crippen molar-refractivity contribution in [3.63, 3.8) is 0 Å². The predicted octanol–water partition coefficient (Wildman–Crippen LogP) is 5.15. The summed E-state index contributed by atoms with van der Waals surface area (Å²) in [6, 6.07) is 16.8. The smallest absolute Gasteiger partial charge is 0.305 e. The highest BCUT2D eigenvalue weighted by atomic mass is 16.5. The molecule has 8 nitrogen and oxygen atoms in total. The Balaban J connectivity index is 1.48. The Kier molecular flexibility index (Phi) is 14.5. The monoisotopic (exact) mass is 590 g/mol. The zero-order valence-corrected chi connectivity index (χ0v) is 25.1. The van der Waals surface area contributed by atoms with Gasteiger partial charge < -0.3 is 24.8 Å². The minimum absolute atomic E-state index is 0.0140. The van der Waals surface area contributed by atoms with Gasteiger partial charge in [-0.1, -0.05) is 54.6 Å². The third-order valence-electron chi connectivity index (χ3n) is 7.61. The second kappa shape index (κ2) is 18.6. The summed E-state index contributed by atoms with van der Waals surface area (Å²) < 4.78 is 11.3. The zero-order chi connectivity index (χ0) is 30.9. The molecule has 0 radical (unpaired) electrons. The van der Waals surface area contributed by atoms with Gasteiger partial charge in [-0.3, -0.25) is 14.4 Å². The first-order chi connectivity index (χ1) is 20.9. The number of hydrogen-bond donors (Lipinski definition) is 2. The summed E-state index contributed by atoms with van der Waals surface area (Å²) in [6.07, 6.45) is 8.70. The second-order valence-corrected chi connectivity index (χ2v) is 11.0. The van der Waals surface area contributed by atoms with Crippen molar-refractivity contribution in [1.82, 2.24) is 10.2 Å². The van der Waals surface area contributed by atoms with Crippen LogP contribution in [-0.2, 0) is 32.1 Å². The van der Waals surface area contributed by atoms with Crippen molar-refractivity contribution in [2.45, 2.75) is 76.5 Å². The summed E-state index contributed by atoms with van der Waals surface area (Å²) in [5, 5.41) is 12.9. The summed E-state index contributed by atoms with van der Waals surface area (Å²) >= 11 is 0. The molecule has 1 aliphatic rings. The molecule has 43 heavy (non-hydrogen) atoms. The summed E-state index contributed by atoms with van der Waals surface area (Å²) in [6.45, 7) is 8.44. The van der Waals surface area contributed by atoms with E-state index in [1.807, 2.05) is 60.7 Å². The summed E-state index contributed by atoms with van der Waals surface area (Å²) in [5.74, 6) is -0.528. The van der Waals surface area contributed by atoms with E-state index in [0.29, 0.717) is 32.4 Å². The second-order valence-electron chi connectivity index (χ2n) is 11.0. The van der Waals surface area contributed by atoms with Crippen LogP contribution in [0.15, 0.2) is 79.9 Å². The lowest BCUT2D eigenvalue weighted by atomic mass is 9.98. The first-order valence-electron chi connectivity index (χ1n) is 15.3. The Morgan fingerprint density at radius 1 is 1.02 bits per heavy atom.